The Balaban J connectivity index is 1.71. The van der Waals surface area contributed by atoms with Gasteiger partial charge < -0.3 is 15.2 Å². The lowest BCUT2D eigenvalue weighted by atomic mass is 10.1. The maximum absolute atomic E-state index is 12.1. The van der Waals surface area contributed by atoms with Crippen LogP contribution in [0.1, 0.15) is 36.7 Å². The molecule has 8 heteroatoms. The number of nitrogens with one attached hydrogen (secondary N) is 1. The predicted octanol–water partition coefficient (Wildman–Crippen LogP) is 3.51. The van der Waals surface area contributed by atoms with Crippen molar-refractivity contribution in [1.29, 1.82) is 0 Å². The molecule has 0 radical (unpaired) electrons. The van der Waals surface area contributed by atoms with Crippen molar-refractivity contribution in [2.75, 3.05) is 7.11 Å². The van der Waals surface area contributed by atoms with Gasteiger partial charge in [0, 0.05) is 5.56 Å². The second-order valence-corrected chi connectivity index (χ2v) is 7.27. The van der Waals surface area contributed by atoms with E-state index in [-0.39, 0.29) is 12.5 Å². The Kier molecular flexibility index (Phi) is 6.82. The van der Waals surface area contributed by atoms with Crippen LogP contribution in [0.2, 0.25) is 0 Å². The molecule has 0 spiro atoms. The highest BCUT2D eigenvalue weighted by molar-refractivity contribution is 7.12. The molecule has 3 aromatic rings. The van der Waals surface area contributed by atoms with Gasteiger partial charge in [0.05, 0.1) is 23.8 Å². The highest BCUT2D eigenvalue weighted by Gasteiger charge is 2.11. The molecule has 0 bridgehead atoms. The number of methoxy groups -OCH3 is 1. The molecule has 1 aromatic heterocycles. The van der Waals surface area contributed by atoms with Crippen molar-refractivity contribution in [2.24, 2.45) is 10.8 Å². The Morgan fingerprint density at radius 2 is 1.97 bits per heavy atom. The summed E-state index contributed by atoms with van der Waals surface area (Å²) in [6, 6.07) is 14.1. The first-order valence-electron chi connectivity index (χ1n) is 9.05. The number of amides is 2. The van der Waals surface area contributed by atoms with Crippen LogP contribution in [-0.4, -0.2) is 25.1 Å². The summed E-state index contributed by atoms with van der Waals surface area (Å²) in [5.41, 5.74) is 10.6. The van der Waals surface area contributed by atoms with Gasteiger partial charge in [0.1, 0.15) is 18.1 Å². The number of nitrogens with two attached hydrogens (primary N) is 1. The molecule has 0 saturated carbocycles. The van der Waals surface area contributed by atoms with Crippen molar-refractivity contribution in [2.45, 2.75) is 13.5 Å². The normalized spacial score (nSPS) is 10.7. The Hall–Kier alpha value is -3.65. The third-order valence-corrected chi connectivity index (χ3v) is 5.30. The summed E-state index contributed by atoms with van der Waals surface area (Å²) in [6.07, 6.45) is 1.54. The fraction of sp³-hybridized carbons (Fsp3) is 0.136. The van der Waals surface area contributed by atoms with Crippen LogP contribution >= 0.6 is 11.3 Å². The number of hydrogen-bond acceptors (Lipinski definition) is 6. The summed E-state index contributed by atoms with van der Waals surface area (Å²) in [5, 5.41) is 5.89. The first kappa shape index (κ1) is 21.1. The minimum Gasteiger partial charge on any atom is -0.496 e. The molecule has 0 aliphatic carbocycles. The highest BCUT2D eigenvalue weighted by Crippen LogP contribution is 2.24. The summed E-state index contributed by atoms with van der Waals surface area (Å²) in [7, 11) is 1.56. The summed E-state index contributed by atoms with van der Waals surface area (Å²) in [5.74, 6) is 0.209. The van der Waals surface area contributed by atoms with Gasteiger partial charge in [-0.3, -0.25) is 9.59 Å². The van der Waals surface area contributed by atoms with Crippen LogP contribution in [-0.2, 0) is 6.61 Å². The van der Waals surface area contributed by atoms with E-state index in [4.69, 9.17) is 15.2 Å². The number of ether oxygens (including phenoxy) is 2. The van der Waals surface area contributed by atoms with E-state index in [0.29, 0.717) is 21.9 Å². The third kappa shape index (κ3) is 5.03. The number of benzene rings is 2. The Labute approximate surface area is 178 Å². The van der Waals surface area contributed by atoms with Crippen LogP contribution < -0.4 is 20.6 Å². The van der Waals surface area contributed by atoms with Crippen molar-refractivity contribution >= 4 is 29.4 Å². The number of thiophene rings is 1. The predicted molar refractivity (Wildman–Crippen MR) is 116 cm³/mol. The zero-order valence-corrected chi connectivity index (χ0v) is 17.4. The Morgan fingerprint density at radius 3 is 2.67 bits per heavy atom. The number of para-hydroxylation sites is 1. The molecule has 1 heterocycles. The Bertz CT molecular complexity index is 1090. The second-order valence-electron chi connectivity index (χ2n) is 6.35. The molecule has 0 unspecified atom stereocenters. The molecule has 0 fully saturated rings. The Morgan fingerprint density at radius 1 is 1.17 bits per heavy atom. The van der Waals surface area contributed by atoms with Crippen LogP contribution in [0.3, 0.4) is 0 Å². The summed E-state index contributed by atoms with van der Waals surface area (Å²) in [4.78, 5) is 24.3. The standard InChI is InChI=1S/C22H21N3O4S/c1-14-9-10-30-20(14)22(27)25-24-12-15-7-8-18(28-2)16(11-15)13-29-19-6-4-3-5-17(19)21(23)26/h3-12H,13H2,1-2H3,(H2,23,26)(H,25,27). The maximum Gasteiger partial charge on any atom is 0.281 e. The monoisotopic (exact) mass is 423 g/mol. The lowest BCUT2D eigenvalue weighted by molar-refractivity contribution is 0.0957. The average molecular weight is 423 g/mol. The lowest BCUT2D eigenvalue weighted by Crippen LogP contribution is -2.17. The molecule has 30 heavy (non-hydrogen) atoms. The molecule has 3 N–H and O–H groups in total. The van der Waals surface area contributed by atoms with E-state index in [1.807, 2.05) is 30.5 Å². The van der Waals surface area contributed by atoms with Gasteiger partial charge in [0.2, 0.25) is 0 Å². The van der Waals surface area contributed by atoms with Crippen LogP contribution in [0.15, 0.2) is 59.0 Å². The number of rotatable bonds is 8. The number of carbonyl (C=O) groups excluding carboxylic acids is 2. The zero-order chi connectivity index (χ0) is 21.5. The van der Waals surface area contributed by atoms with Crippen molar-refractivity contribution in [3.05, 3.63) is 81.0 Å². The minimum atomic E-state index is -0.560. The molecule has 7 nitrogen and oxygen atoms in total. The van der Waals surface area contributed by atoms with E-state index < -0.39 is 5.91 Å². The van der Waals surface area contributed by atoms with E-state index >= 15 is 0 Å². The molecule has 154 valence electrons. The van der Waals surface area contributed by atoms with Crippen LogP contribution in [0.25, 0.3) is 0 Å². The van der Waals surface area contributed by atoms with E-state index in [0.717, 1.165) is 16.7 Å². The van der Waals surface area contributed by atoms with E-state index in [1.54, 1.807) is 43.7 Å². The van der Waals surface area contributed by atoms with Crippen molar-refractivity contribution in [1.82, 2.24) is 5.43 Å². The lowest BCUT2D eigenvalue weighted by Gasteiger charge is -2.12. The quantitative estimate of drug-likeness (QED) is 0.427. The number of nitrogens with zero attached hydrogens (tertiary/aromatic N) is 1. The van der Waals surface area contributed by atoms with Gasteiger partial charge >= 0.3 is 0 Å². The molecular formula is C22H21N3O4S. The van der Waals surface area contributed by atoms with Gasteiger partial charge in [0.25, 0.3) is 11.8 Å². The summed E-state index contributed by atoms with van der Waals surface area (Å²) >= 11 is 1.37. The number of primary amides is 1. The van der Waals surface area contributed by atoms with Crippen LogP contribution in [0.5, 0.6) is 11.5 Å². The fourth-order valence-corrected chi connectivity index (χ4v) is 3.58. The molecular weight excluding hydrogens is 402 g/mol. The fourth-order valence-electron chi connectivity index (χ4n) is 2.76. The zero-order valence-electron chi connectivity index (χ0n) is 16.5. The van der Waals surface area contributed by atoms with Gasteiger partial charge in [-0.15, -0.1) is 11.3 Å². The van der Waals surface area contributed by atoms with Crippen molar-refractivity contribution < 1.29 is 19.1 Å². The van der Waals surface area contributed by atoms with E-state index in [1.165, 1.54) is 11.3 Å². The number of carbonyl (C=O) groups is 2. The topological polar surface area (TPSA) is 103 Å². The third-order valence-electron chi connectivity index (χ3n) is 4.29. The van der Waals surface area contributed by atoms with Gasteiger partial charge in [-0.1, -0.05) is 12.1 Å². The molecule has 3 rings (SSSR count). The SMILES string of the molecule is COc1ccc(C=NNC(=O)c2sccc2C)cc1COc1ccccc1C(N)=O. The smallest absolute Gasteiger partial charge is 0.281 e. The van der Waals surface area contributed by atoms with Gasteiger partial charge in [-0.2, -0.15) is 5.10 Å². The molecule has 0 aliphatic heterocycles. The number of hydrazone groups is 1. The van der Waals surface area contributed by atoms with Gasteiger partial charge in [-0.05, 0) is 59.8 Å². The van der Waals surface area contributed by atoms with E-state index in [9.17, 15) is 9.59 Å². The highest BCUT2D eigenvalue weighted by atomic mass is 32.1. The molecule has 2 amide bonds. The number of aryl methyl sites for hydroxylation is 1. The van der Waals surface area contributed by atoms with E-state index in [2.05, 4.69) is 10.5 Å². The number of hydrogen-bond donors (Lipinski definition) is 2. The largest absolute Gasteiger partial charge is 0.496 e. The van der Waals surface area contributed by atoms with Crippen LogP contribution in [0, 0.1) is 6.92 Å². The van der Waals surface area contributed by atoms with Crippen molar-refractivity contribution in [3.63, 3.8) is 0 Å². The maximum atomic E-state index is 12.1. The average Bonchev–Trinajstić information content (AvgIpc) is 3.18. The van der Waals surface area contributed by atoms with Gasteiger partial charge in [0.15, 0.2) is 0 Å². The second kappa shape index (κ2) is 9.71. The summed E-state index contributed by atoms with van der Waals surface area (Å²) in [6.45, 7) is 2.04. The van der Waals surface area contributed by atoms with Crippen molar-refractivity contribution in [3.8, 4) is 11.5 Å². The first-order chi connectivity index (χ1) is 14.5. The van der Waals surface area contributed by atoms with Gasteiger partial charge in [-0.25, -0.2) is 5.43 Å². The molecule has 0 saturated heterocycles. The summed E-state index contributed by atoms with van der Waals surface area (Å²) < 4.78 is 11.2. The molecule has 0 atom stereocenters. The first-order valence-corrected chi connectivity index (χ1v) is 9.93. The molecule has 0 aliphatic rings. The molecule has 2 aromatic carbocycles. The van der Waals surface area contributed by atoms with Crippen LogP contribution in [0.4, 0.5) is 0 Å². The minimum absolute atomic E-state index is 0.163.